The molecule has 2 aliphatic heterocycles. The molecule has 0 amide bonds. The molecule has 0 spiro atoms. The number of aliphatic hydroxyl groups is 7. The van der Waals surface area contributed by atoms with Gasteiger partial charge in [0.15, 0.2) is 12.5 Å². The van der Waals surface area contributed by atoms with Gasteiger partial charge in [-0.15, -0.1) is 0 Å². The van der Waals surface area contributed by atoms with Gasteiger partial charge in [0.1, 0.15) is 36.6 Å². The van der Waals surface area contributed by atoms with E-state index in [0.29, 0.717) is 0 Å². The molecule has 14 N–H and O–H groups in total. The number of rotatable bonds is 5. The van der Waals surface area contributed by atoms with E-state index in [1.165, 1.54) is 0 Å². The summed E-state index contributed by atoms with van der Waals surface area (Å²) in [5.41, 5.74) is 3.93. The smallest absolute Gasteiger partial charge is 0.394 e. The summed E-state index contributed by atoms with van der Waals surface area (Å²) in [6, 6.07) is 0.0543. The van der Waals surface area contributed by atoms with Crippen LogP contribution < -0.4 is 17.0 Å². The lowest BCUT2D eigenvalue weighted by molar-refractivity contribution is -0.248. The lowest BCUT2D eigenvalue weighted by Gasteiger charge is -2.38. The number of aromatic nitrogens is 2. The quantitative estimate of drug-likeness (QED) is 0.139. The second kappa shape index (κ2) is 14.3. The number of hydrogen-bond donors (Lipinski definition) is 13. The maximum atomic E-state index is 11.4. The molecule has 222 valence electrons. The first-order chi connectivity index (χ1) is 17.3. The number of aliphatic hydroxyl groups excluding tert-OH is 7. The van der Waals surface area contributed by atoms with E-state index in [4.69, 9.17) is 50.1 Å². The minimum atomic E-state index is -5.05. The van der Waals surface area contributed by atoms with Crippen LogP contribution in [0.5, 0.6) is 0 Å². The second-order valence-corrected chi connectivity index (χ2v) is 10.2. The van der Waals surface area contributed by atoms with Crippen LogP contribution >= 0.6 is 15.6 Å². The third-order valence-corrected chi connectivity index (χ3v) is 6.51. The Labute approximate surface area is 211 Å². The minimum Gasteiger partial charge on any atom is -0.394 e. The van der Waals surface area contributed by atoms with Gasteiger partial charge in [-0.05, 0) is 0 Å². The predicted molar refractivity (Wildman–Crippen MR) is 117 cm³/mol. The second-order valence-electron chi connectivity index (χ2n) is 7.62. The number of nitrogens with two attached hydrogens (primary N) is 1. The van der Waals surface area contributed by atoms with Crippen molar-refractivity contribution in [2.75, 3.05) is 13.2 Å². The molecule has 1 aromatic rings. The molecule has 23 heteroatoms. The summed E-state index contributed by atoms with van der Waals surface area (Å²) in [6.45, 7) is -0.950. The Kier molecular flexibility index (Phi) is 13.0. The number of hydrogen-bond acceptors (Lipinski definition) is 15. The largest absolute Gasteiger partial charge is 0.478 e. The molecule has 2 aliphatic rings. The highest BCUT2D eigenvalue weighted by molar-refractivity contribution is 7.60. The molecule has 0 unspecified atom stereocenters. The van der Waals surface area contributed by atoms with Crippen LogP contribution in [0.4, 0.5) is 0 Å². The van der Waals surface area contributed by atoms with Crippen molar-refractivity contribution >= 4 is 15.6 Å². The average molecular weight is 601 g/mol. The van der Waals surface area contributed by atoms with Gasteiger partial charge < -0.3 is 70.5 Å². The summed E-state index contributed by atoms with van der Waals surface area (Å²) < 4.78 is 33.0. The summed E-state index contributed by atoms with van der Waals surface area (Å²) in [5.74, 6) is 0. The molecule has 2 fully saturated rings. The van der Waals surface area contributed by atoms with Crippen LogP contribution in [0.25, 0.3) is 0 Å². The van der Waals surface area contributed by atoms with Gasteiger partial charge in [-0.25, -0.2) is 13.9 Å². The van der Waals surface area contributed by atoms with Crippen LogP contribution in [-0.2, 0) is 22.9 Å². The van der Waals surface area contributed by atoms with Crippen LogP contribution in [0.3, 0.4) is 0 Å². The Morgan fingerprint density at radius 1 is 0.868 bits per heavy atom. The summed E-state index contributed by atoms with van der Waals surface area (Å²) in [7, 11) is -10.1. The Morgan fingerprint density at radius 3 is 1.74 bits per heavy atom. The van der Waals surface area contributed by atoms with E-state index in [-0.39, 0.29) is 0 Å². The molecule has 0 radical (unpaired) electrons. The zero-order valence-corrected chi connectivity index (χ0v) is 20.7. The van der Waals surface area contributed by atoms with Gasteiger partial charge in [-0.2, -0.15) is 4.31 Å². The fourth-order valence-electron chi connectivity index (χ4n) is 2.99. The Bertz CT molecular complexity index is 1060. The van der Waals surface area contributed by atoms with Crippen molar-refractivity contribution in [1.29, 1.82) is 0 Å². The van der Waals surface area contributed by atoms with Crippen molar-refractivity contribution in [2.45, 2.75) is 55.2 Å². The lowest BCUT2D eigenvalue weighted by Crippen LogP contribution is -2.61. The molecule has 38 heavy (non-hydrogen) atoms. The van der Waals surface area contributed by atoms with Gasteiger partial charge in [-0.3, -0.25) is 14.3 Å². The lowest BCUT2D eigenvalue weighted by atomic mass is 9.98. The van der Waals surface area contributed by atoms with Gasteiger partial charge in [0.2, 0.25) is 0 Å². The number of H-pyrrole nitrogens is 1. The van der Waals surface area contributed by atoms with E-state index in [0.717, 1.165) is 16.8 Å². The average Bonchev–Trinajstić information content (AvgIpc) is 3.07. The maximum absolute atomic E-state index is 11.4. The fourth-order valence-corrected chi connectivity index (χ4v) is 4.10. The maximum Gasteiger partial charge on any atom is 0.478 e. The molecule has 21 nitrogen and oxygen atoms in total. The van der Waals surface area contributed by atoms with Crippen LogP contribution in [0.15, 0.2) is 21.9 Å². The highest BCUT2D eigenvalue weighted by Crippen LogP contribution is 2.53. The Balaban J connectivity index is 0.000000303. The van der Waals surface area contributed by atoms with E-state index in [1.807, 2.05) is 4.98 Å². The van der Waals surface area contributed by atoms with Crippen LogP contribution in [0.1, 0.15) is 6.23 Å². The SMILES string of the molecule is N[C@@H]1[C@@H](O)[C@H](O)[C@@H](CO)O[C@H]1O.O=P(O)(O)OP(=O)(O)O.O=c1ccn([C@@H]2O[C@H](CO)[C@@H](O)[C@H]2O)c(=O)[nH]1. The molecule has 1 aromatic heterocycles. The molecular formula is C15H29N3O18P2. The minimum absolute atomic E-state index is 0.470. The number of phosphoric acid groups is 2. The summed E-state index contributed by atoms with van der Waals surface area (Å²) in [5, 5.41) is 64.1. The van der Waals surface area contributed by atoms with Crippen molar-refractivity contribution in [1.82, 2.24) is 9.55 Å². The van der Waals surface area contributed by atoms with Crippen molar-refractivity contribution in [2.24, 2.45) is 5.73 Å². The summed E-state index contributed by atoms with van der Waals surface area (Å²) in [6.07, 6.45) is -8.43. The number of aromatic amines is 1. The zero-order valence-electron chi connectivity index (χ0n) is 19.0. The summed E-state index contributed by atoms with van der Waals surface area (Å²) in [4.78, 5) is 55.3. The van der Waals surface area contributed by atoms with Gasteiger partial charge in [-0.1, -0.05) is 0 Å². The predicted octanol–water partition coefficient (Wildman–Crippen LogP) is -6.92. The Morgan fingerprint density at radius 2 is 1.34 bits per heavy atom. The molecule has 0 saturated carbocycles. The van der Waals surface area contributed by atoms with Gasteiger partial charge in [0.25, 0.3) is 5.56 Å². The molecule has 9 atom stereocenters. The first kappa shape index (κ1) is 34.6. The van der Waals surface area contributed by atoms with Crippen molar-refractivity contribution < 1.29 is 78.2 Å². The molecule has 3 heterocycles. The van der Waals surface area contributed by atoms with Crippen LogP contribution in [-0.4, -0.2) is 127 Å². The fraction of sp³-hybridized carbons (Fsp3) is 0.733. The normalized spacial score (nSPS) is 33.5. The number of nitrogens with one attached hydrogen (secondary N) is 1. The number of nitrogens with zero attached hydrogens (tertiary/aromatic N) is 1. The third-order valence-electron chi connectivity index (χ3n) is 4.80. The molecule has 3 rings (SSSR count). The molecule has 2 saturated heterocycles. The first-order valence-electron chi connectivity index (χ1n) is 10.1. The number of ether oxygens (including phenoxy) is 2. The van der Waals surface area contributed by atoms with Crippen molar-refractivity contribution in [3.8, 4) is 0 Å². The topological polar surface area (TPSA) is 365 Å². The van der Waals surface area contributed by atoms with Crippen molar-refractivity contribution in [3.05, 3.63) is 33.1 Å². The monoisotopic (exact) mass is 601 g/mol. The standard InChI is InChI=1S/C9H12N2O6.C6H13NO5.H4O7P2/c12-3-4-6(14)7(15)8(17-4)11-2-1-5(13)10-9(11)16;7-3-5(10)4(9)2(1-8)12-6(3)11;1-8(2,3)7-9(4,5)6/h1-2,4,6-8,12,14-15H,3H2,(H,10,13,16);2-6,8-11H,1,7H2;(H2,1,2,3)(H2,4,5,6)/t4-,6-,7-,8-;2-,3-,4-,5-,6-;/m11./s1. The first-order valence-corrected chi connectivity index (χ1v) is 13.2. The molecule has 0 aromatic carbocycles. The Hall–Kier alpha value is -1.46. The van der Waals surface area contributed by atoms with Crippen LogP contribution in [0, 0.1) is 0 Å². The van der Waals surface area contributed by atoms with Gasteiger partial charge in [0, 0.05) is 12.3 Å². The summed E-state index contributed by atoms with van der Waals surface area (Å²) >= 11 is 0. The van der Waals surface area contributed by atoms with Gasteiger partial charge >= 0.3 is 21.3 Å². The molecule has 0 bridgehead atoms. The molecular weight excluding hydrogens is 572 g/mol. The van der Waals surface area contributed by atoms with Crippen molar-refractivity contribution in [3.63, 3.8) is 0 Å². The van der Waals surface area contributed by atoms with E-state index < -0.39 is 95.3 Å². The third kappa shape index (κ3) is 10.3. The van der Waals surface area contributed by atoms with E-state index >= 15 is 0 Å². The van der Waals surface area contributed by atoms with Crippen LogP contribution in [0.2, 0.25) is 0 Å². The van der Waals surface area contributed by atoms with E-state index in [9.17, 15) is 39.1 Å². The molecule has 0 aliphatic carbocycles. The highest BCUT2D eigenvalue weighted by atomic mass is 31.3. The van der Waals surface area contributed by atoms with E-state index in [2.05, 4.69) is 4.31 Å². The zero-order chi connectivity index (χ0) is 29.6. The van der Waals surface area contributed by atoms with Gasteiger partial charge in [0.05, 0.1) is 19.3 Å². The van der Waals surface area contributed by atoms with E-state index in [1.54, 1.807) is 0 Å². The highest BCUT2D eigenvalue weighted by Gasteiger charge is 2.44.